The number of halogens is 1. The van der Waals surface area contributed by atoms with Crippen LogP contribution in [0.25, 0.3) is 0 Å². The lowest BCUT2D eigenvalue weighted by Gasteiger charge is -2.11. The van der Waals surface area contributed by atoms with Crippen molar-refractivity contribution in [1.29, 1.82) is 0 Å². The Kier molecular flexibility index (Phi) is 8.75. The van der Waals surface area contributed by atoms with Gasteiger partial charge in [-0.3, -0.25) is 9.59 Å². The first-order valence-corrected chi connectivity index (χ1v) is 6.42. The maximum atomic E-state index is 11.4. The summed E-state index contributed by atoms with van der Waals surface area (Å²) in [5.41, 5.74) is 5.86. The molecule has 0 radical (unpaired) electrons. The van der Waals surface area contributed by atoms with Crippen molar-refractivity contribution in [2.45, 2.75) is 45.1 Å². The van der Waals surface area contributed by atoms with Crippen LogP contribution in [-0.4, -0.2) is 30.9 Å². The van der Waals surface area contributed by atoms with Gasteiger partial charge in [0, 0.05) is 32.0 Å². The van der Waals surface area contributed by atoms with Crippen molar-refractivity contribution in [2.24, 2.45) is 11.7 Å². The Balaban J connectivity index is 0.00000289. The Bertz CT molecular complexity index is 270. The third-order valence-electron chi connectivity index (χ3n) is 2.94. The molecule has 0 bridgehead atoms. The van der Waals surface area contributed by atoms with Gasteiger partial charge in [-0.2, -0.15) is 0 Å². The molecule has 0 aliphatic heterocycles. The molecule has 4 N–H and O–H groups in total. The minimum absolute atomic E-state index is 0. The summed E-state index contributed by atoms with van der Waals surface area (Å²) < 4.78 is 0. The van der Waals surface area contributed by atoms with Gasteiger partial charge in [-0.1, -0.05) is 0 Å². The lowest BCUT2D eigenvalue weighted by Crippen LogP contribution is -2.38. The van der Waals surface area contributed by atoms with E-state index in [0.29, 0.717) is 38.3 Å². The lowest BCUT2D eigenvalue weighted by atomic mass is 10.2. The number of carbonyl (C=O) groups is 2. The van der Waals surface area contributed by atoms with Crippen LogP contribution in [0.15, 0.2) is 0 Å². The Morgan fingerprint density at radius 1 is 1.22 bits per heavy atom. The molecule has 1 aliphatic rings. The van der Waals surface area contributed by atoms with Gasteiger partial charge in [-0.15, -0.1) is 12.4 Å². The predicted octanol–water partition coefficient (Wildman–Crippen LogP) is 0.568. The van der Waals surface area contributed by atoms with E-state index in [1.807, 2.05) is 6.92 Å². The highest BCUT2D eigenvalue weighted by Gasteiger charge is 2.28. The van der Waals surface area contributed by atoms with Crippen LogP contribution in [0.2, 0.25) is 0 Å². The monoisotopic (exact) mass is 277 g/mol. The maximum absolute atomic E-state index is 11.4. The van der Waals surface area contributed by atoms with Crippen molar-refractivity contribution < 1.29 is 9.59 Å². The van der Waals surface area contributed by atoms with Crippen LogP contribution in [0.1, 0.15) is 39.0 Å². The normalized spacial score (nSPS) is 15.4. The number of hydrogen-bond acceptors (Lipinski definition) is 3. The summed E-state index contributed by atoms with van der Waals surface area (Å²) in [6, 6.07) is 0.0994. The molecule has 0 heterocycles. The molecule has 1 saturated carbocycles. The Morgan fingerprint density at radius 3 is 2.28 bits per heavy atom. The summed E-state index contributed by atoms with van der Waals surface area (Å²) >= 11 is 0. The number of rotatable bonds is 8. The van der Waals surface area contributed by atoms with Crippen LogP contribution in [0.3, 0.4) is 0 Å². The molecule has 0 aromatic rings. The molecule has 1 fully saturated rings. The fourth-order valence-electron chi connectivity index (χ4n) is 1.71. The second-order valence-corrected chi connectivity index (χ2v) is 4.61. The topological polar surface area (TPSA) is 84.2 Å². The van der Waals surface area contributed by atoms with E-state index in [0.717, 1.165) is 0 Å². The third-order valence-corrected chi connectivity index (χ3v) is 2.94. The van der Waals surface area contributed by atoms with E-state index in [9.17, 15) is 9.59 Å². The van der Waals surface area contributed by atoms with E-state index >= 15 is 0 Å². The van der Waals surface area contributed by atoms with Crippen molar-refractivity contribution in [1.82, 2.24) is 10.6 Å². The van der Waals surface area contributed by atoms with E-state index in [2.05, 4.69) is 10.6 Å². The van der Waals surface area contributed by atoms with Gasteiger partial charge in [0.05, 0.1) is 0 Å². The van der Waals surface area contributed by atoms with Crippen LogP contribution in [0.4, 0.5) is 0 Å². The number of carbonyl (C=O) groups excluding carboxylic acids is 2. The Hall–Kier alpha value is -0.810. The van der Waals surface area contributed by atoms with Gasteiger partial charge in [0.1, 0.15) is 0 Å². The SMILES string of the molecule is CCNC(=O)CCCC(=O)NCC(N)C1CC1.Cl. The van der Waals surface area contributed by atoms with E-state index < -0.39 is 0 Å². The Morgan fingerprint density at radius 2 is 1.78 bits per heavy atom. The highest BCUT2D eigenvalue weighted by molar-refractivity contribution is 5.85. The van der Waals surface area contributed by atoms with Gasteiger partial charge in [-0.05, 0) is 32.1 Å². The molecule has 0 aromatic heterocycles. The molecule has 18 heavy (non-hydrogen) atoms. The van der Waals surface area contributed by atoms with Crippen molar-refractivity contribution >= 4 is 24.2 Å². The number of hydrogen-bond donors (Lipinski definition) is 3. The summed E-state index contributed by atoms with van der Waals surface area (Å²) in [6.07, 6.45) is 3.78. The van der Waals surface area contributed by atoms with Crippen LogP contribution in [-0.2, 0) is 9.59 Å². The molecular weight excluding hydrogens is 254 g/mol. The molecule has 1 atom stereocenters. The van der Waals surface area contributed by atoms with Crippen molar-refractivity contribution in [3.63, 3.8) is 0 Å². The van der Waals surface area contributed by atoms with Crippen molar-refractivity contribution in [3.8, 4) is 0 Å². The number of amides is 2. The van der Waals surface area contributed by atoms with Gasteiger partial charge >= 0.3 is 0 Å². The molecule has 1 unspecified atom stereocenters. The van der Waals surface area contributed by atoms with Crippen molar-refractivity contribution in [3.05, 3.63) is 0 Å². The summed E-state index contributed by atoms with van der Waals surface area (Å²) in [7, 11) is 0. The van der Waals surface area contributed by atoms with Gasteiger partial charge in [0.2, 0.25) is 11.8 Å². The second-order valence-electron chi connectivity index (χ2n) is 4.61. The van der Waals surface area contributed by atoms with Crippen LogP contribution in [0, 0.1) is 5.92 Å². The van der Waals surface area contributed by atoms with E-state index in [-0.39, 0.29) is 30.3 Å². The number of nitrogens with two attached hydrogens (primary N) is 1. The van der Waals surface area contributed by atoms with E-state index in [4.69, 9.17) is 5.73 Å². The summed E-state index contributed by atoms with van der Waals surface area (Å²) in [5, 5.41) is 5.52. The highest BCUT2D eigenvalue weighted by atomic mass is 35.5. The third kappa shape index (κ3) is 7.50. The lowest BCUT2D eigenvalue weighted by molar-refractivity contribution is -0.122. The smallest absolute Gasteiger partial charge is 0.220 e. The molecule has 1 rings (SSSR count). The Labute approximate surface area is 115 Å². The minimum atomic E-state index is -0.00889. The zero-order chi connectivity index (χ0) is 12.7. The van der Waals surface area contributed by atoms with Crippen LogP contribution >= 0.6 is 12.4 Å². The van der Waals surface area contributed by atoms with Gasteiger partial charge < -0.3 is 16.4 Å². The molecule has 0 saturated heterocycles. The van der Waals surface area contributed by atoms with E-state index in [1.165, 1.54) is 12.8 Å². The quantitative estimate of drug-likeness (QED) is 0.606. The number of nitrogens with one attached hydrogen (secondary N) is 2. The zero-order valence-electron chi connectivity index (χ0n) is 10.9. The molecule has 106 valence electrons. The second kappa shape index (κ2) is 9.16. The van der Waals surface area contributed by atoms with Crippen LogP contribution < -0.4 is 16.4 Å². The molecular formula is C12H24ClN3O2. The first-order valence-electron chi connectivity index (χ1n) is 6.42. The summed E-state index contributed by atoms with van der Waals surface area (Å²) in [4.78, 5) is 22.6. The highest BCUT2D eigenvalue weighted by Crippen LogP contribution is 2.31. The fourth-order valence-corrected chi connectivity index (χ4v) is 1.71. The average molecular weight is 278 g/mol. The first-order chi connectivity index (χ1) is 8.13. The van der Waals surface area contributed by atoms with Gasteiger partial charge in [0.25, 0.3) is 0 Å². The molecule has 2 amide bonds. The fraction of sp³-hybridized carbons (Fsp3) is 0.833. The van der Waals surface area contributed by atoms with Crippen LogP contribution in [0.5, 0.6) is 0 Å². The average Bonchev–Trinajstić information content (AvgIpc) is 3.10. The zero-order valence-corrected chi connectivity index (χ0v) is 11.7. The minimum Gasteiger partial charge on any atom is -0.356 e. The predicted molar refractivity (Wildman–Crippen MR) is 73.5 cm³/mol. The first kappa shape index (κ1) is 17.2. The maximum Gasteiger partial charge on any atom is 0.220 e. The molecule has 1 aliphatic carbocycles. The summed E-state index contributed by atoms with van der Waals surface area (Å²) in [5.74, 6) is 0.603. The van der Waals surface area contributed by atoms with E-state index in [1.54, 1.807) is 0 Å². The molecule has 0 spiro atoms. The standard InChI is InChI=1S/C12H23N3O2.ClH/c1-2-14-11(16)4-3-5-12(17)15-8-10(13)9-6-7-9;/h9-10H,2-8,13H2,1H3,(H,14,16)(H,15,17);1H. The molecule has 6 heteroatoms. The van der Waals surface area contributed by atoms with Crippen molar-refractivity contribution in [2.75, 3.05) is 13.1 Å². The van der Waals surface area contributed by atoms with Gasteiger partial charge in [-0.25, -0.2) is 0 Å². The molecule has 0 aromatic carbocycles. The summed E-state index contributed by atoms with van der Waals surface area (Å²) in [6.45, 7) is 3.08. The molecule has 5 nitrogen and oxygen atoms in total. The largest absolute Gasteiger partial charge is 0.356 e. The van der Waals surface area contributed by atoms with Gasteiger partial charge in [0.15, 0.2) is 0 Å².